The van der Waals surface area contributed by atoms with Gasteiger partial charge in [0, 0.05) is 20.6 Å². The van der Waals surface area contributed by atoms with Crippen molar-refractivity contribution in [2.24, 2.45) is 0 Å². The fourth-order valence-corrected chi connectivity index (χ4v) is 1.87. The van der Waals surface area contributed by atoms with Gasteiger partial charge < -0.3 is 16.0 Å². The number of hydrogen-bond donors (Lipinski definition) is 2. The van der Waals surface area contributed by atoms with Gasteiger partial charge in [0.1, 0.15) is 10.7 Å². The van der Waals surface area contributed by atoms with Crippen molar-refractivity contribution in [3.8, 4) is 0 Å². The Hall–Kier alpha value is -1.56. The van der Waals surface area contributed by atoms with Gasteiger partial charge in [0.05, 0.1) is 0 Å². The molecule has 0 radical (unpaired) electrons. The summed E-state index contributed by atoms with van der Waals surface area (Å²) in [5.41, 5.74) is 5.64. The zero-order valence-corrected chi connectivity index (χ0v) is 9.60. The van der Waals surface area contributed by atoms with E-state index < -0.39 is 0 Å². The third-order valence-electron chi connectivity index (χ3n) is 1.81. The first kappa shape index (κ1) is 11.5. The lowest BCUT2D eigenvalue weighted by Gasteiger charge is -2.13. The van der Waals surface area contributed by atoms with E-state index in [1.165, 1.54) is 16.2 Å². The number of nitrogens with zero attached hydrogens (tertiary/aromatic N) is 2. The second-order valence-electron chi connectivity index (χ2n) is 2.96. The first-order chi connectivity index (χ1) is 7.10. The van der Waals surface area contributed by atoms with Gasteiger partial charge in [0.15, 0.2) is 5.13 Å². The molecule has 1 aromatic rings. The maximum Gasteiger partial charge on any atom is 0.267 e. The smallest absolute Gasteiger partial charge is 0.267 e. The summed E-state index contributed by atoms with van der Waals surface area (Å²) in [5.74, 6) is 0.136. The Morgan fingerprint density at radius 3 is 2.93 bits per heavy atom. The molecule has 0 saturated carbocycles. The number of rotatable bonds is 4. The molecule has 0 fully saturated rings. The minimum Gasteiger partial charge on any atom is -0.382 e. The Labute approximate surface area is 92.6 Å². The van der Waals surface area contributed by atoms with Crippen LogP contribution in [-0.2, 0) is 0 Å². The van der Waals surface area contributed by atoms with Crippen LogP contribution in [0.4, 0.5) is 10.9 Å². The molecule has 0 aliphatic rings. The molecule has 1 heterocycles. The van der Waals surface area contributed by atoms with E-state index in [4.69, 9.17) is 5.73 Å². The third-order valence-corrected chi connectivity index (χ3v) is 2.89. The first-order valence-electron chi connectivity index (χ1n) is 4.40. The predicted octanol–water partition coefficient (Wildman–Crippen LogP) is 1.02. The zero-order chi connectivity index (χ0) is 11.4. The number of aromatic nitrogens is 1. The minimum absolute atomic E-state index is 0.133. The molecule has 1 rings (SSSR count). The lowest BCUT2D eigenvalue weighted by Crippen LogP contribution is -2.26. The van der Waals surface area contributed by atoms with E-state index in [1.807, 2.05) is 0 Å². The minimum atomic E-state index is -0.133. The Bertz CT molecular complexity index is 374. The first-order valence-corrected chi connectivity index (χ1v) is 5.22. The number of thiazole rings is 1. The van der Waals surface area contributed by atoms with E-state index in [0.717, 1.165) is 0 Å². The Morgan fingerprint density at radius 1 is 1.80 bits per heavy atom. The van der Waals surface area contributed by atoms with Crippen LogP contribution in [-0.4, -0.2) is 36.4 Å². The maximum atomic E-state index is 11.8. The standard InChI is InChI=1S/C9H14N4OS/c1-4-5-13(3)8(14)6-7(10)12-9(11-2)15-6/h4H,1,5,10H2,2-3H3,(H,11,12). The highest BCUT2D eigenvalue weighted by atomic mass is 32.1. The molecule has 0 aliphatic carbocycles. The molecule has 82 valence electrons. The summed E-state index contributed by atoms with van der Waals surface area (Å²) in [6.07, 6.45) is 1.66. The number of likely N-dealkylation sites (N-methyl/N-ethyl adjacent to an activating group) is 1. The van der Waals surface area contributed by atoms with Crippen molar-refractivity contribution in [2.75, 3.05) is 31.7 Å². The molecule has 0 bridgehead atoms. The van der Waals surface area contributed by atoms with E-state index in [-0.39, 0.29) is 11.7 Å². The zero-order valence-electron chi connectivity index (χ0n) is 8.78. The molecule has 1 aromatic heterocycles. The molecular formula is C9H14N4OS. The molecule has 0 unspecified atom stereocenters. The van der Waals surface area contributed by atoms with Gasteiger partial charge in [0.2, 0.25) is 0 Å². The monoisotopic (exact) mass is 226 g/mol. The highest BCUT2D eigenvalue weighted by Crippen LogP contribution is 2.25. The molecule has 0 aromatic carbocycles. The average molecular weight is 226 g/mol. The SMILES string of the molecule is C=CCN(C)C(=O)c1sc(NC)nc1N. The van der Waals surface area contributed by atoms with E-state index in [2.05, 4.69) is 16.9 Å². The van der Waals surface area contributed by atoms with Crippen LogP contribution in [0.15, 0.2) is 12.7 Å². The summed E-state index contributed by atoms with van der Waals surface area (Å²) in [4.78, 5) is 17.8. The molecule has 0 spiro atoms. The van der Waals surface area contributed by atoms with Crippen LogP contribution in [0.25, 0.3) is 0 Å². The molecule has 0 atom stereocenters. The normalized spacial score (nSPS) is 9.73. The fraction of sp³-hybridized carbons (Fsp3) is 0.333. The van der Waals surface area contributed by atoms with Gasteiger partial charge in [-0.05, 0) is 0 Å². The predicted molar refractivity (Wildman–Crippen MR) is 63.2 cm³/mol. The van der Waals surface area contributed by atoms with Crippen LogP contribution >= 0.6 is 11.3 Å². The van der Waals surface area contributed by atoms with Crippen LogP contribution in [0.3, 0.4) is 0 Å². The highest BCUT2D eigenvalue weighted by Gasteiger charge is 2.18. The van der Waals surface area contributed by atoms with Gasteiger partial charge in [-0.2, -0.15) is 0 Å². The molecule has 15 heavy (non-hydrogen) atoms. The molecule has 3 N–H and O–H groups in total. The molecule has 5 nitrogen and oxygen atoms in total. The highest BCUT2D eigenvalue weighted by molar-refractivity contribution is 7.18. The lowest BCUT2D eigenvalue weighted by molar-refractivity contribution is 0.0815. The van der Waals surface area contributed by atoms with Crippen LogP contribution in [0.2, 0.25) is 0 Å². The van der Waals surface area contributed by atoms with Crippen molar-refractivity contribution in [3.63, 3.8) is 0 Å². The van der Waals surface area contributed by atoms with Gasteiger partial charge in [-0.3, -0.25) is 4.79 Å². The van der Waals surface area contributed by atoms with Gasteiger partial charge in [-0.15, -0.1) is 6.58 Å². The maximum absolute atomic E-state index is 11.8. The largest absolute Gasteiger partial charge is 0.382 e. The van der Waals surface area contributed by atoms with Crippen LogP contribution < -0.4 is 11.1 Å². The van der Waals surface area contributed by atoms with Crippen LogP contribution in [0.1, 0.15) is 9.67 Å². The third kappa shape index (κ3) is 2.47. The number of carbonyl (C=O) groups is 1. The second-order valence-corrected chi connectivity index (χ2v) is 3.96. The fourth-order valence-electron chi connectivity index (χ4n) is 1.04. The van der Waals surface area contributed by atoms with Crippen LogP contribution in [0.5, 0.6) is 0 Å². The van der Waals surface area contributed by atoms with E-state index in [9.17, 15) is 4.79 Å². The van der Waals surface area contributed by atoms with Crippen LogP contribution in [0, 0.1) is 0 Å². The molecule has 0 aliphatic heterocycles. The molecule has 0 saturated heterocycles. The van der Waals surface area contributed by atoms with Crippen molar-refractivity contribution in [2.45, 2.75) is 0 Å². The number of nitrogen functional groups attached to an aromatic ring is 1. The molecular weight excluding hydrogens is 212 g/mol. The number of nitrogens with one attached hydrogen (secondary N) is 1. The second kappa shape index (κ2) is 4.79. The van der Waals surface area contributed by atoms with Gasteiger partial charge >= 0.3 is 0 Å². The quantitative estimate of drug-likeness (QED) is 0.752. The van der Waals surface area contributed by atoms with Crippen molar-refractivity contribution >= 4 is 28.2 Å². The Balaban J connectivity index is 2.90. The summed E-state index contributed by atoms with van der Waals surface area (Å²) < 4.78 is 0. The van der Waals surface area contributed by atoms with Crippen molar-refractivity contribution in [1.29, 1.82) is 0 Å². The number of anilines is 2. The topological polar surface area (TPSA) is 71.2 Å². The summed E-state index contributed by atoms with van der Waals surface area (Å²) in [6.45, 7) is 4.06. The van der Waals surface area contributed by atoms with Gasteiger partial charge in [-0.1, -0.05) is 17.4 Å². The van der Waals surface area contributed by atoms with Crippen molar-refractivity contribution < 1.29 is 4.79 Å². The van der Waals surface area contributed by atoms with Gasteiger partial charge in [-0.25, -0.2) is 4.98 Å². The summed E-state index contributed by atoms with van der Waals surface area (Å²) in [6, 6.07) is 0. The lowest BCUT2D eigenvalue weighted by atomic mass is 10.4. The summed E-state index contributed by atoms with van der Waals surface area (Å²) in [5, 5.41) is 3.49. The Kier molecular flexibility index (Phi) is 3.68. The van der Waals surface area contributed by atoms with Crippen molar-refractivity contribution in [3.05, 3.63) is 17.5 Å². The summed E-state index contributed by atoms with van der Waals surface area (Å²) in [7, 11) is 3.43. The number of carbonyl (C=O) groups excluding carboxylic acids is 1. The van der Waals surface area contributed by atoms with Gasteiger partial charge in [0.25, 0.3) is 5.91 Å². The van der Waals surface area contributed by atoms with Crippen molar-refractivity contribution in [1.82, 2.24) is 9.88 Å². The number of amides is 1. The van der Waals surface area contributed by atoms with E-state index >= 15 is 0 Å². The number of hydrogen-bond acceptors (Lipinski definition) is 5. The molecule has 6 heteroatoms. The van der Waals surface area contributed by atoms with E-state index in [0.29, 0.717) is 16.6 Å². The molecule has 1 amide bonds. The summed E-state index contributed by atoms with van der Waals surface area (Å²) >= 11 is 1.25. The Morgan fingerprint density at radius 2 is 2.47 bits per heavy atom. The number of nitrogens with two attached hydrogens (primary N) is 1. The van der Waals surface area contributed by atoms with E-state index in [1.54, 1.807) is 20.2 Å². The average Bonchev–Trinajstić information content (AvgIpc) is 2.59.